The van der Waals surface area contributed by atoms with Gasteiger partial charge < -0.3 is 37.9 Å². The zero-order valence-corrected chi connectivity index (χ0v) is 33.5. The van der Waals surface area contributed by atoms with Crippen LogP contribution in [-0.2, 0) is 37.9 Å². The van der Waals surface area contributed by atoms with E-state index in [1.807, 2.05) is 33.8 Å². The molecule has 2 atom stereocenters. The van der Waals surface area contributed by atoms with E-state index in [4.69, 9.17) is 37.9 Å². The predicted octanol–water partition coefficient (Wildman–Crippen LogP) is 11.0. The standard InChI is InChI=1S/C18H38O4.C17H36O4.C4H8/c1-6-11-12-13-14-15-16-17(19-7-2)18(20-8-3,21-9-4)22-10-5;1-7-9-10-11-12-13-15-16(18-3,14-8-2)17(19-4,20-5)21-6;1-3-4-2/h17H,6-16H2,1-5H3;7-15H2,1-6H3;3H,1,4H2,2H3. The molecule has 2 unspecified atom stereocenters. The van der Waals surface area contributed by atoms with Crippen LogP contribution in [-0.4, -0.2) is 78.5 Å². The van der Waals surface area contributed by atoms with E-state index < -0.39 is 17.5 Å². The summed E-state index contributed by atoms with van der Waals surface area (Å²) >= 11 is 0. The molecule has 0 aliphatic rings. The fourth-order valence-electron chi connectivity index (χ4n) is 5.84. The summed E-state index contributed by atoms with van der Waals surface area (Å²) < 4.78 is 46.1. The quantitative estimate of drug-likeness (QED) is 0.0407. The smallest absolute Gasteiger partial charge is 0.313 e. The van der Waals surface area contributed by atoms with E-state index in [-0.39, 0.29) is 6.10 Å². The lowest BCUT2D eigenvalue weighted by atomic mass is 9.87. The highest BCUT2D eigenvalue weighted by Crippen LogP contribution is 2.39. The molecule has 286 valence electrons. The van der Waals surface area contributed by atoms with Gasteiger partial charge in [0.1, 0.15) is 11.7 Å². The Labute approximate surface area is 293 Å². The summed E-state index contributed by atoms with van der Waals surface area (Å²) in [6.07, 6.45) is 21.4. The zero-order chi connectivity index (χ0) is 36.3. The molecule has 0 aliphatic heterocycles. The third-order valence-electron chi connectivity index (χ3n) is 8.25. The summed E-state index contributed by atoms with van der Waals surface area (Å²) in [5.74, 6) is -2.20. The molecule has 47 heavy (non-hydrogen) atoms. The van der Waals surface area contributed by atoms with Gasteiger partial charge in [-0.1, -0.05) is 117 Å². The second-order valence-corrected chi connectivity index (χ2v) is 11.7. The first-order valence-electron chi connectivity index (χ1n) is 19.1. The fourth-order valence-corrected chi connectivity index (χ4v) is 5.84. The first kappa shape index (κ1) is 50.8. The monoisotopic (exact) mass is 679 g/mol. The van der Waals surface area contributed by atoms with Crippen LogP contribution < -0.4 is 0 Å². The van der Waals surface area contributed by atoms with Gasteiger partial charge in [0.05, 0.1) is 0 Å². The van der Waals surface area contributed by atoms with E-state index in [1.165, 1.54) is 64.2 Å². The van der Waals surface area contributed by atoms with E-state index >= 15 is 0 Å². The molecule has 0 amide bonds. The van der Waals surface area contributed by atoms with Gasteiger partial charge in [0, 0.05) is 54.9 Å². The number of allylic oxidation sites excluding steroid dienone is 1. The Morgan fingerprint density at radius 3 is 1.28 bits per heavy atom. The first-order chi connectivity index (χ1) is 22.7. The van der Waals surface area contributed by atoms with E-state index in [0.29, 0.717) is 26.4 Å². The number of ether oxygens (including phenoxy) is 8. The lowest BCUT2D eigenvalue weighted by Crippen LogP contribution is -2.59. The molecule has 0 saturated carbocycles. The summed E-state index contributed by atoms with van der Waals surface area (Å²) in [7, 11) is 6.55. The van der Waals surface area contributed by atoms with Gasteiger partial charge in [-0.3, -0.25) is 0 Å². The van der Waals surface area contributed by atoms with Crippen molar-refractivity contribution in [3.8, 4) is 0 Å². The van der Waals surface area contributed by atoms with E-state index in [2.05, 4.69) is 34.3 Å². The zero-order valence-electron chi connectivity index (χ0n) is 33.5. The number of hydrogen-bond donors (Lipinski definition) is 0. The Morgan fingerprint density at radius 1 is 0.511 bits per heavy atom. The highest BCUT2D eigenvalue weighted by Gasteiger charge is 2.53. The molecule has 8 nitrogen and oxygen atoms in total. The van der Waals surface area contributed by atoms with Crippen LogP contribution in [0.3, 0.4) is 0 Å². The van der Waals surface area contributed by atoms with Crippen LogP contribution in [0.25, 0.3) is 0 Å². The topological polar surface area (TPSA) is 73.8 Å². The molecule has 0 bridgehead atoms. The van der Waals surface area contributed by atoms with Gasteiger partial charge >= 0.3 is 11.9 Å². The van der Waals surface area contributed by atoms with Crippen LogP contribution in [0.1, 0.15) is 165 Å². The van der Waals surface area contributed by atoms with Gasteiger partial charge in [0.2, 0.25) is 0 Å². The van der Waals surface area contributed by atoms with Gasteiger partial charge in [0.15, 0.2) is 0 Å². The van der Waals surface area contributed by atoms with Crippen molar-refractivity contribution in [2.45, 2.75) is 188 Å². The van der Waals surface area contributed by atoms with Crippen molar-refractivity contribution in [1.82, 2.24) is 0 Å². The Hall–Kier alpha value is -0.580. The summed E-state index contributed by atoms with van der Waals surface area (Å²) in [4.78, 5) is 0. The number of unbranched alkanes of at least 4 members (excludes halogenated alkanes) is 10. The highest BCUT2D eigenvalue weighted by molar-refractivity contribution is 4.90. The number of hydrogen-bond acceptors (Lipinski definition) is 8. The van der Waals surface area contributed by atoms with Crippen molar-refractivity contribution < 1.29 is 37.9 Å². The minimum Gasteiger partial charge on any atom is -0.370 e. The van der Waals surface area contributed by atoms with Crippen LogP contribution in [0.5, 0.6) is 0 Å². The Bertz CT molecular complexity index is 603. The second-order valence-electron chi connectivity index (χ2n) is 11.7. The maximum Gasteiger partial charge on any atom is 0.313 e. The molecule has 0 saturated heterocycles. The Kier molecular flexibility index (Phi) is 38.1. The van der Waals surface area contributed by atoms with Crippen molar-refractivity contribution in [1.29, 1.82) is 0 Å². The fraction of sp³-hybridized carbons (Fsp3) is 0.949. The molecule has 0 rings (SSSR count). The summed E-state index contributed by atoms with van der Waals surface area (Å²) in [6, 6.07) is 0. The lowest BCUT2D eigenvalue weighted by Gasteiger charge is -2.45. The molecule has 0 N–H and O–H groups in total. The van der Waals surface area contributed by atoms with Gasteiger partial charge in [-0.25, -0.2) is 0 Å². The molecule has 0 aromatic rings. The highest BCUT2D eigenvalue weighted by atomic mass is 16.9. The third-order valence-corrected chi connectivity index (χ3v) is 8.25. The molecule has 0 aromatic carbocycles. The van der Waals surface area contributed by atoms with Crippen molar-refractivity contribution in [3.05, 3.63) is 12.7 Å². The molecular weight excluding hydrogens is 596 g/mol. The van der Waals surface area contributed by atoms with Gasteiger partial charge in [-0.15, -0.1) is 6.58 Å². The average Bonchev–Trinajstić information content (AvgIpc) is 3.08. The van der Waals surface area contributed by atoms with Crippen LogP contribution in [0.15, 0.2) is 12.7 Å². The normalized spacial score (nSPS) is 13.6. The number of methoxy groups -OCH3 is 4. The van der Waals surface area contributed by atoms with Crippen molar-refractivity contribution in [3.63, 3.8) is 0 Å². The van der Waals surface area contributed by atoms with E-state index in [1.54, 1.807) is 28.4 Å². The predicted molar refractivity (Wildman–Crippen MR) is 198 cm³/mol. The molecule has 0 heterocycles. The average molecular weight is 679 g/mol. The van der Waals surface area contributed by atoms with Crippen molar-refractivity contribution in [2.24, 2.45) is 0 Å². The first-order valence-corrected chi connectivity index (χ1v) is 19.1. The molecule has 8 heteroatoms. The minimum atomic E-state index is -1.14. The molecule has 0 aliphatic carbocycles. The molecule has 0 spiro atoms. The van der Waals surface area contributed by atoms with Crippen LogP contribution in [0.2, 0.25) is 0 Å². The maximum absolute atomic E-state index is 5.92. The van der Waals surface area contributed by atoms with Crippen molar-refractivity contribution >= 4 is 0 Å². The van der Waals surface area contributed by atoms with E-state index in [0.717, 1.165) is 44.9 Å². The summed E-state index contributed by atoms with van der Waals surface area (Å²) in [6.45, 7) is 22.3. The Morgan fingerprint density at radius 2 is 0.936 bits per heavy atom. The number of rotatable bonds is 31. The van der Waals surface area contributed by atoms with Crippen LogP contribution >= 0.6 is 0 Å². The minimum absolute atomic E-state index is 0.177. The van der Waals surface area contributed by atoms with E-state index in [9.17, 15) is 0 Å². The lowest BCUT2D eigenvalue weighted by molar-refractivity contribution is -0.425. The molecule has 0 radical (unpaired) electrons. The maximum atomic E-state index is 5.92. The Balaban J connectivity index is -0.000000739. The molecule has 0 aromatic heterocycles. The molecule has 0 fully saturated rings. The van der Waals surface area contributed by atoms with Gasteiger partial charge in [0.25, 0.3) is 0 Å². The third kappa shape index (κ3) is 21.3. The largest absolute Gasteiger partial charge is 0.370 e. The summed E-state index contributed by atoms with van der Waals surface area (Å²) in [5.41, 5.74) is -0.565. The second kappa shape index (κ2) is 35.3. The van der Waals surface area contributed by atoms with Crippen LogP contribution in [0, 0.1) is 0 Å². The van der Waals surface area contributed by atoms with Gasteiger partial charge in [-0.2, -0.15) is 0 Å². The summed E-state index contributed by atoms with van der Waals surface area (Å²) in [5, 5.41) is 0. The molecular formula is C39H82O8. The van der Waals surface area contributed by atoms with Gasteiger partial charge in [-0.05, 0) is 53.4 Å². The SMILES string of the molecule is C=CCC.CCCCCCCCC(CCC)(OC)C(OC)(OC)OC.CCCCCCCCC(OCC)C(OCC)(OCC)OCC. The van der Waals surface area contributed by atoms with Crippen LogP contribution in [0.4, 0.5) is 0 Å². The van der Waals surface area contributed by atoms with Crippen molar-refractivity contribution in [2.75, 3.05) is 54.9 Å².